The smallest absolute Gasteiger partial charge is 0.0703 e. The van der Waals surface area contributed by atoms with Crippen LogP contribution in [0, 0.1) is 0 Å². The molecule has 1 aromatic carbocycles. The molecule has 10 heavy (non-hydrogen) atoms. The van der Waals surface area contributed by atoms with Gasteiger partial charge in [0.2, 0.25) is 0 Å². The first kappa shape index (κ1) is 7.38. The molecule has 0 spiro atoms. The maximum Gasteiger partial charge on any atom is 0.0703 e. The highest BCUT2D eigenvalue weighted by Crippen LogP contribution is 2.18. The van der Waals surface area contributed by atoms with Gasteiger partial charge in [-0.05, 0) is 18.2 Å². The Bertz CT molecular complexity index is 237. The first-order valence-electron chi connectivity index (χ1n) is 2.85. The molecule has 0 aliphatic carbocycles. The molecular formula is C7H7ClNO. The predicted molar refractivity (Wildman–Crippen MR) is 40.1 cm³/mol. The van der Waals surface area contributed by atoms with E-state index in [0.717, 1.165) is 0 Å². The lowest BCUT2D eigenvalue weighted by Gasteiger charge is -1.99. The molecule has 0 unspecified atom stereocenters. The van der Waals surface area contributed by atoms with Crippen molar-refractivity contribution < 1.29 is 5.11 Å². The summed E-state index contributed by atoms with van der Waals surface area (Å²) in [4.78, 5) is 0. The fraction of sp³-hybridized carbons (Fsp3) is 0.143. The average Bonchev–Trinajstić information content (AvgIpc) is 1.94. The van der Waals surface area contributed by atoms with Gasteiger partial charge in [0.15, 0.2) is 0 Å². The lowest BCUT2D eigenvalue weighted by molar-refractivity contribution is 0.282. The van der Waals surface area contributed by atoms with E-state index in [1.807, 2.05) is 0 Å². The summed E-state index contributed by atoms with van der Waals surface area (Å²) < 4.78 is 0. The van der Waals surface area contributed by atoms with E-state index in [-0.39, 0.29) is 6.61 Å². The highest BCUT2D eigenvalue weighted by atomic mass is 35.5. The Balaban J connectivity index is 3.09. The summed E-state index contributed by atoms with van der Waals surface area (Å²) in [6, 6.07) is 4.78. The van der Waals surface area contributed by atoms with Crippen molar-refractivity contribution in [3.05, 3.63) is 28.8 Å². The zero-order valence-electron chi connectivity index (χ0n) is 5.26. The topological polar surface area (TPSA) is 44.0 Å². The average molecular weight is 157 g/mol. The van der Waals surface area contributed by atoms with Crippen molar-refractivity contribution in [2.45, 2.75) is 6.61 Å². The molecule has 0 saturated heterocycles. The van der Waals surface area contributed by atoms with Gasteiger partial charge in [-0.2, -0.15) is 0 Å². The molecule has 0 atom stereocenters. The molecule has 1 rings (SSSR count). The van der Waals surface area contributed by atoms with Crippen molar-refractivity contribution in [3.63, 3.8) is 0 Å². The summed E-state index contributed by atoms with van der Waals surface area (Å²) in [5.41, 5.74) is 8.14. The van der Waals surface area contributed by atoms with Gasteiger partial charge < -0.3 is 10.8 Å². The quantitative estimate of drug-likeness (QED) is 0.662. The minimum absolute atomic E-state index is 0.126. The molecule has 0 bridgehead atoms. The van der Waals surface area contributed by atoms with Gasteiger partial charge >= 0.3 is 0 Å². The lowest BCUT2D eigenvalue weighted by atomic mass is 10.2. The van der Waals surface area contributed by atoms with E-state index < -0.39 is 0 Å². The molecule has 1 radical (unpaired) electrons. The van der Waals surface area contributed by atoms with E-state index in [1.54, 1.807) is 18.2 Å². The van der Waals surface area contributed by atoms with E-state index in [1.165, 1.54) is 0 Å². The Labute approximate surface area is 64.2 Å². The number of aliphatic hydroxyl groups is 1. The minimum Gasteiger partial charge on any atom is -0.392 e. The first-order valence-corrected chi connectivity index (χ1v) is 3.22. The third-order valence-electron chi connectivity index (χ3n) is 1.24. The molecule has 0 amide bonds. The van der Waals surface area contributed by atoms with E-state index >= 15 is 0 Å². The maximum atomic E-state index is 8.66. The molecule has 0 aliphatic rings. The van der Waals surface area contributed by atoms with Crippen LogP contribution in [-0.2, 0) is 6.61 Å². The van der Waals surface area contributed by atoms with Crippen LogP contribution in [0.3, 0.4) is 0 Å². The standard InChI is InChI=1S/C7H7ClNO/c8-6-1-2-7(9)5(3-6)4-10/h1-3,9-10H,4H2. The van der Waals surface area contributed by atoms with Gasteiger partial charge in [-0.3, -0.25) is 0 Å². The van der Waals surface area contributed by atoms with Gasteiger partial charge in [0, 0.05) is 10.6 Å². The van der Waals surface area contributed by atoms with Gasteiger partial charge in [0.05, 0.1) is 12.3 Å². The predicted octanol–water partition coefficient (Wildman–Crippen LogP) is 1.75. The maximum absolute atomic E-state index is 8.66. The Morgan fingerprint density at radius 1 is 1.50 bits per heavy atom. The monoisotopic (exact) mass is 156 g/mol. The van der Waals surface area contributed by atoms with Crippen molar-refractivity contribution >= 4 is 17.3 Å². The Morgan fingerprint density at radius 3 is 2.70 bits per heavy atom. The highest BCUT2D eigenvalue weighted by Gasteiger charge is 1.97. The van der Waals surface area contributed by atoms with Gasteiger partial charge in [0.1, 0.15) is 0 Å². The molecule has 53 valence electrons. The molecule has 0 aromatic heterocycles. The molecule has 0 heterocycles. The summed E-state index contributed by atoms with van der Waals surface area (Å²) in [5, 5.41) is 9.22. The first-order chi connectivity index (χ1) is 4.74. The number of benzene rings is 1. The van der Waals surface area contributed by atoms with Crippen molar-refractivity contribution in [2.24, 2.45) is 0 Å². The number of aliphatic hydroxyl groups excluding tert-OH is 1. The number of hydrogen-bond acceptors (Lipinski definition) is 1. The summed E-state index contributed by atoms with van der Waals surface area (Å²) >= 11 is 5.60. The van der Waals surface area contributed by atoms with Gasteiger partial charge in [0.25, 0.3) is 0 Å². The van der Waals surface area contributed by atoms with Gasteiger partial charge in [-0.15, -0.1) is 0 Å². The zero-order chi connectivity index (χ0) is 7.56. The van der Waals surface area contributed by atoms with Crippen LogP contribution in [0.5, 0.6) is 0 Å². The third kappa shape index (κ3) is 1.40. The Hall–Kier alpha value is -0.730. The molecule has 0 aliphatic heterocycles. The lowest BCUT2D eigenvalue weighted by Crippen LogP contribution is -1.84. The number of nitrogens with one attached hydrogen (secondary N) is 1. The SMILES string of the molecule is [NH]c1ccc(Cl)cc1CO. The third-order valence-corrected chi connectivity index (χ3v) is 1.47. The second-order valence-corrected chi connectivity index (χ2v) is 2.40. The Kier molecular flexibility index (Phi) is 2.14. The van der Waals surface area contributed by atoms with Crippen LogP contribution in [0.1, 0.15) is 5.56 Å². The zero-order valence-corrected chi connectivity index (χ0v) is 6.02. The molecule has 0 fully saturated rings. The molecular weight excluding hydrogens is 150 g/mol. The summed E-state index contributed by atoms with van der Waals surface area (Å²) in [7, 11) is 0. The van der Waals surface area contributed by atoms with Crippen LogP contribution in [0.2, 0.25) is 5.02 Å². The van der Waals surface area contributed by atoms with Crippen molar-refractivity contribution in [1.29, 1.82) is 0 Å². The second-order valence-electron chi connectivity index (χ2n) is 1.96. The number of halogens is 1. The largest absolute Gasteiger partial charge is 0.392 e. The number of hydrogen-bond donors (Lipinski definition) is 1. The molecule has 2 N–H and O–H groups in total. The van der Waals surface area contributed by atoms with Gasteiger partial charge in [-0.1, -0.05) is 11.6 Å². The van der Waals surface area contributed by atoms with Gasteiger partial charge in [-0.25, -0.2) is 0 Å². The van der Waals surface area contributed by atoms with Crippen LogP contribution in [0.25, 0.3) is 0 Å². The van der Waals surface area contributed by atoms with Crippen LogP contribution in [-0.4, -0.2) is 5.11 Å². The fourth-order valence-electron chi connectivity index (χ4n) is 0.693. The molecule has 2 nitrogen and oxygen atoms in total. The summed E-state index contributed by atoms with van der Waals surface area (Å²) in [6.07, 6.45) is 0. The van der Waals surface area contributed by atoms with Crippen LogP contribution < -0.4 is 5.73 Å². The van der Waals surface area contributed by atoms with E-state index in [9.17, 15) is 0 Å². The fourth-order valence-corrected chi connectivity index (χ4v) is 0.888. The summed E-state index contributed by atoms with van der Waals surface area (Å²) in [5.74, 6) is 0. The van der Waals surface area contributed by atoms with E-state index in [2.05, 4.69) is 0 Å². The van der Waals surface area contributed by atoms with Crippen molar-refractivity contribution in [3.8, 4) is 0 Å². The van der Waals surface area contributed by atoms with E-state index in [4.69, 9.17) is 22.4 Å². The highest BCUT2D eigenvalue weighted by molar-refractivity contribution is 6.30. The van der Waals surface area contributed by atoms with Crippen LogP contribution in [0.4, 0.5) is 5.69 Å². The van der Waals surface area contributed by atoms with E-state index in [0.29, 0.717) is 16.3 Å². The molecule has 3 heteroatoms. The van der Waals surface area contributed by atoms with Crippen molar-refractivity contribution in [2.75, 3.05) is 0 Å². The van der Waals surface area contributed by atoms with Crippen molar-refractivity contribution in [1.82, 2.24) is 5.73 Å². The minimum atomic E-state index is -0.126. The summed E-state index contributed by atoms with van der Waals surface area (Å²) in [6.45, 7) is -0.126. The second kappa shape index (κ2) is 2.90. The number of rotatable bonds is 1. The molecule has 1 aromatic rings. The normalized spacial score (nSPS) is 9.80. The molecule has 0 saturated carbocycles. The van der Waals surface area contributed by atoms with Crippen LogP contribution in [0.15, 0.2) is 18.2 Å². The van der Waals surface area contributed by atoms with Crippen LogP contribution >= 0.6 is 11.6 Å². The Morgan fingerprint density at radius 2 is 2.20 bits per heavy atom.